The van der Waals surface area contributed by atoms with Crippen LogP contribution in [0.5, 0.6) is 0 Å². The summed E-state index contributed by atoms with van der Waals surface area (Å²) in [4.78, 5) is 12.4. The number of anilines is 2. The number of amides is 1. The van der Waals surface area contributed by atoms with E-state index in [0.29, 0.717) is 11.4 Å². The van der Waals surface area contributed by atoms with Crippen molar-refractivity contribution < 1.29 is 13.2 Å². The lowest BCUT2D eigenvalue weighted by atomic mass is 10.1. The molecule has 0 aliphatic rings. The van der Waals surface area contributed by atoms with Gasteiger partial charge in [-0.1, -0.05) is 58.6 Å². The van der Waals surface area contributed by atoms with Crippen molar-refractivity contribution in [3.63, 3.8) is 0 Å². The predicted octanol–water partition coefficient (Wildman–Crippen LogP) is 6.32. The minimum Gasteiger partial charge on any atom is -0.321 e. The second-order valence-electron chi connectivity index (χ2n) is 6.62. The molecule has 0 aliphatic heterocycles. The summed E-state index contributed by atoms with van der Waals surface area (Å²) in [6, 6.07) is 14.1. The molecule has 30 heavy (non-hydrogen) atoms. The summed E-state index contributed by atoms with van der Waals surface area (Å²) < 4.78 is 28.4. The van der Waals surface area contributed by atoms with Crippen molar-refractivity contribution in [1.82, 2.24) is 0 Å². The van der Waals surface area contributed by atoms with Crippen LogP contribution in [0.15, 0.2) is 59.5 Å². The fourth-order valence-corrected chi connectivity index (χ4v) is 4.78. The summed E-state index contributed by atoms with van der Waals surface area (Å²) in [5.74, 6) is -0.557. The van der Waals surface area contributed by atoms with E-state index in [1.807, 2.05) is 13.0 Å². The molecule has 0 aliphatic carbocycles. The lowest BCUT2D eigenvalue weighted by molar-refractivity contribution is 0.102. The van der Waals surface area contributed by atoms with E-state index in [1.165, 1.54) is 18.2 Å². The van der Waals surface area contributed by atoms with Crippen molar-refractivity contribution in [2.24, 2.45) is 0 Å². The summed E-state index contributed by atoms with van der Waals surface area (Å²) in [6.07, 6.45) is 0. The molecule has 0 bridgehead atoms. The molecule has 0 aromatic heterocycles. The number of rotatable bonds is 5. The molecule has 3 aromatic carbocycles. The Morgan fingerprint density at radius 1 is 0.867 bits per heavy atom. The Morgan fingerprint density at radius 2 is 1.60 bits per heavy atom. The van der Waals surface area contributed by atoms with E-state index < -0.39 is 15.9 Å². The molecule has 9 heteroatoms. The molecule has 0 radical (unpaired) electrons. The van der Waals surface area contributed by atoms with Gasteiger partial charge in [-0.3, -0.25) is 9.52 Å². The zero-order valence-electron chi connectivity index (χ0n) is 16.0. The number of benzene rings is 3. The third kappa shape index (κ3) is 4.90. The molecular weight excluding hydrogens is 467 g/mol. The second-order valence-corrected chi connectivity index (χ2v) is 9.47. The van der Waals surface area contributed by atoms with Crippen LogP contribution in [0.3, 0.4) is 0 Å². The van der Waals surface area contributed by atoms with Crippen LogP contribution < -0.4 is 10.0 Å². The highest BCUT2D eigenvalue weighted by molar-refractivity contribution is 7.92. The number of sulfonamides is 1. The maximum Gasteiger partial charge on any atom is 0.263 e. The lowest BCUT2D eigenvalue weighted by Crippen LogP contribution is -2.17. The van der Waals surface area contributed by atoms with Gasteiger partial charge in [0.1, 0.15) is 4.90 Å². The zero-order chi connectivity index (χ0) is 22.1. The minimum atomic E-state index is -4.03. The van der Waals surface area contributed by atoms with E-state index >= 15 is 0 Å². The normalized spacial score (nSPS) is 11.2. The fourth-order valence-electron chi connectivity index (χ4n) is 2.77. The Labute approximate surface area is 190 Å². The van der Waals surface area contributed by atoms with Crippen LogP contribution in [0.1, 0.15) is 21.5 Å². The van der Waals surface area contributed by atoms with Crippen molar-refractivity contribution in [2.75, 3.05) is 10.0 Å². The maximum absolute atomic E-state index is 12.9. The Morgan fingerprint density at radius 3 is 2.30 bits per heavy atom. The highest BCUT2D eigenvalue weighted by atomic mass is 35.5. The average molecular weight is 484 g/mol. The highest BCUT2D eigenvalue weighted by Gasteiger charge is 2.21. The molecule has 3 aromatic rings. The zero-order valence-corrected chi connectivity index (χ0v) is 19.0. The van der Waals surface area contributed by atoms with Gasteiger partial charge in [0.15, 0.2) is 0 Å². The third-order valence-electron chi connectivity index (χ3n) is 4.31. The summed E-state index contributed by atoms with van der Waals surface area (Å²) in [6.45, 7) is 3.71. The van der Waals surface area contributed by atoms with Gasteiger partial charge in [0.05, 0.1) is 26.4 Å². The molecule has 3 rings (SSSR count). The molecule has 5 nitrogen and oxygen atoms in total. The molecule has 0 saturated heterocycles. The number of carbonyl (C=O) groups is 1. The first-order valence-corrected chi connectivity index (χ1v) is 11.3. The van der Waals surface area contributed by atoms with Gasteiger partial charge in [-0.15, -0.1) is 0 Å². The van der Waals surface area contributed by atoms with Crippen molar-refractivity contribution >= 4 is 62.1 Å². The number of hydrogen-bond acceptors (Lipinski definition) is 3. The Kier molecular flexibility index (Phi) is 6.62. The fraction of sp³-hybridized carbons (Fsp3) is 0.0952. The first-order valence-electron chi connectivity index (χ1n) is 8.73. The molecule has 0 fully saturated rings. The molecule has 1 amide bonds. The van der Waals surface area contributed by atoms with Crippen LogP contribution in [0, 0.1) is 13.8 Å². The SMILES string of the molecule is Cc1ccc(NS(=O)(=O)c2cc(C(=O)Nc3cccc(Cl)c3Cl)ccc2Cl)c(C)c1. The Balaban J connectivity index is 1.92. The van der Waals surface area contributed by atoms with Gasteiger partial charge in [0.2, 0.25) is 0 Å². The van der Waals surface area contributed by atoms with E-state index in [2.05, 4.69) is 10.0 Å². The molecule has 0 saturated carbocycles. The van der Waals surface area contributed by atoms with Gasteiger partial charge in [-0.2, -0.15) is 0 Å². The van der Waals surface area contributed by atoms with Gasteiger partial charge < -0.3 is 5.32 Å². The molecule has 0 unspecified atom stereocenters. The monoisotopic (exact) mass is 482 g/mol. The highest BCUT2D eigenvalue weighted by Crippen LogP contribution is 2.31. The Hall–Kier alpha value is -2.25. The van der Waals surface area contributed by atoms with Gasteiger partial charge >= 0.3 is 0 Å². The first-order chi connectivity index (χ1) is 14.1. The van der Waals surface area contributed by atoms with Gasteiger partial charge in [-0.25, -0.2) is 8.42 Å². The smallest absolute Gasteiger partial charge is 0.263 e. The van der Waals surface area contributed by atoms with E-state index in [4.69, 9.17) is 34.8 Å². The van der Waals surface area contributed by atoms with E-state index in [1.54, 1.807) is 37.3 Å². The molecule has 2 N–H and O–H groups in total. The van der Waals surface area contributed by atoms with E-state index in [-0.39, 0.29) is 25.5 Å². The predicted molar refractivity (Wildman–Crippen MR) is 123 cm³/mol. The van der Waals surface area contributed by atoms with Gasteiger partial charge in [-0.05, 0) is 55.8 Å². The average Bonchev–Trinajstić information content (AvgIpc) is 2.68. The van der Waals surface area contributed by atoms with Crippen molar-refractivity contribution in [3.8, 4) is 0 Å². The van der Waals surface area contributed by atoms with Crippen LogP contribution in [0.4, 0.5) is 11.4 Å². The second kappa shape index (κ2) is 8.86. The number of hydrogen-bond donors (Lipinski definition) is 2. The van der Waals surface area contributed by atoms with Crippen LogP contribution in [-0.2, 0) is 10.0 Å². The topological polar surface area (TPSA) is 75.3 Å². The molecular formula is C21H17Cl3N2O3S. The first kappa shape index (κ1) is 22.4. The molecule has 0 spiro atoms. The van der Waals surface area contributed by atoms with Crippen LogP contribution in [0.25, 0.3) is 0 Å². The van der Waals surface area contributed by atoms with Crippen molar-refractivity contribution in [3.05, 3.63) is 86.4 Å². The lowest BCUT2D eigenvalue weighted by Gasteiger charge is -2.13. The largest absolute Gasteiger partial charge is 0.321 e. The van der Waals surface area contributed by atoms with Crippen LogP contribution in [0.2, 0.25) is 15.1 Å². The number of nitrogens with one attached hydrogen (secondary N) is 2. The molecule has 0 atom stereocenters. The van der Waals surface area contributed by atoms with E-state index in [9.17, 15) is 13.2 Å². The number of aryl methyl sites for hydroxylation is 2. The maximum atomic E-state index is 12.9. The van der Waals surface area contributed by atoms with Crippen LogP contribution >= 0.6 is 34.8 Å². The van der Waals surface area contributed by atoms with Gasteiger partial charge in [0, 0.05) is 5.56 Å². The summed E-state index contributed by atoms with van der Waals surface area (Å²) in [5, 5.41) is 3.08. The summed E-state index contributed by atoms with van der Waals surface area (Å²) in [7, 11) is -4.03. The molecule has 0 heterocycles. The molecule has 156 valence electrons. The van der Waals surface area contributed by atoms with Crippen LogP contribution in [-0.4, -0.2) is 14.3 Å². The summed E-state index contributed by atoms with van der Waals surface area (Å²) >= 11 is 18.2. The van der Waals surface area contributed by atoms with Crippen molar-refractivity contribution in [2.45, 2.75) is 18.7 Å². The quantitative estimate of drug-likeness (QED) is 0.446. The van der Waals surface area contributed by atoms with E-state index in [0.717, 1.165) is 11.1 Å². The van der Waals surface area contributed by atoms with Crippen molar-refractivity contribution in [1.29, 1.82) is 0 Å². The summed E-state index contributed by atoms with van der Waals surface area (Å²) in [5.41, 5.74) is 2.60. The third-order valence-corrected chi connectivity index (χ3v) is 6.97. The standard InChI is InChI=1S/C21H17Cl3N2O3S/c1-12-6-9-17(13(2)10-12)26-30(28,29)19-11-14(7-8-15(19)22)21(27)25-18-5-3-4-16(23)20(18)24/h3-11,26H,1-2H3,(H,25,27). The number of halogens is 3. The van der Waals surface area contributed by atoms with Gasteiger partial charge in [0.25, 0.3) is 15.9 Å². The number of carbonyl (C=O) groups excluding carboxylic acids is 1. The Bertz CT molecular complexity index is 1240. The minimum absolute atomic E-state index is 0.00963.